The molecule has 6 heteroatoms. The van der Waals surface area contributed by atoms with Crippen LogP contribution in [0.25, 0.3) is 10.6 Å². The number of nitrogens with zero attached hydrogens (tertiary/aromatic N) is 2. The first kappa shape index (κ1) is 19.2. The molecule has 3 aromatic rings. The zero-order valence-corrected chi connectivity index (χ0v) is 18.1. The Hall–Kier alpha value is -2.18. The number of rotatable bonds is 5. The van der Waals surface area contributed by atoms with Crippen molar-refractivity contribution in [2.45, 2.75) is 13.3 Å². The number of nitrogens with one attached hydrogen (secondary N) is 1. The van der Waals surface area contributed by atoms with Crippen molar-refractivity contribution in [3.8, 4) is 10.6 Å². The van der Waals surface area contributed by atoms with Crippen LogP contribution in [0.5, 0.6) is 0 Å². The van der Waals surface area contributed by atoms with Crippen LogP contribution in [0, 0.1) is 12.8 Å². The lowest BCUT2D eigenvalue weighted by molar-refractivity contribution is 0.0951. The Morgan fingerprint density at radius 2 is 2.07 bits per heavy atom. The van der Waals surface area contributed by atoms with Crippen molar-refractivity contribution in [3.63, 3.8) is 0 Å². The Balaban J connectivity index is 1.36. The Morgan fingerprint density at radius 3 is 2.86 bits per heavy atom. The Kier molecular flexibility index (Phi) is 5.78. The number of thiazole rings is 1. The third-order valence-electron chi connectivity index (χ3n) is 5.03. The first-order chi connectivity index (χ1) is 13.6. The minimum absolute atomic E-state index is 0.0157. The molecule has 144 valence electrons. The van der Waals surface area contributed by atoms with Crippen LogP contribution in [-0.2, 0) is 0 Å². The molecule has 1 aromatic heterocycles. The second-order valence-corrected chi connectivity index (χ2v) is 9.00. The molecule has 1 atom stereocenters. The van der Waals surface area contributed by atoms with E-state index in [1.807, 2.05) is 43.3 Å². The lowest BCUT2D eigenvalue weighted by Crippen LogP contribution is -2.30. The molecule has 1 amide bonds. The fourth-order valence-electron chi connectivity index (χ4n) is 3.54. The number of benzene rings is 2. The van der Waals surface area contributed by atoms with Crippen LogP contribution < -0.4 is 10.2 Å². The number of carbonyl (C=O) groups excluding carboxylic acids is 1. The molecule has 0 saturated carbocycles. The summed E-state index contributed by atoms with van der Waals surface area (Å²) >= 11 is 5.00. The van der Waals surface area contributed by atoms with Crippen LogP contribution in [0.2, 0.25) is 0 Å². The summed E-state index contributed by atoms with van der Waals surface area (Å²) in [4.78, 5) is 20.4. The molecule has 2 aromatic carbocycles. The third kappa shape index (κ3) is 4.28. The minimum Gasteiger partial charge on any atom is -0.371 e. The normalized spacial score (nSPS) is 16.4. The van der Waals surface area contributed by atoms with E-state index in [1.165, 1.54) is 17.0 Å². The van der Waals surface area contributed by atoms with E-state index in [9.17, 15) is 4.79 Å². The van der Waals surface area contributed by atoms with E-state index in [0.29, 0.717) is 17.3 Å². The largest absolute Gasteiger partial charge is 0.371 e. The summed E-state index contributed by atoms with van der Waals surface area (Å²) < 4.78 is 1.09. The number of anilines is 1. The van der Waals surface area contributed by atoms with Gasteiger partial charge >= 0.3 is 0 Å². The average Bonchev–Trinajstić information content (AvgIpc) is 3.34. The van der Waals surface area contributed by atoms with Crippen LogP contribution >= 0.6 is 27.3 Å². The van der Waals surface area contributed by atoms with E-state index in [0.717, 1.165) is 40.2 Å². The summed E-state index contributed by atoms with van der Waals surface area (Å²) in [5.74, 6) is 0.447. The van der Waals surface area contributed by atoms with Crippen LogP contribution in [-0.4, -0.2) is 30.5 Å². The summed E-state index contributed by atoms with van der Waals surface area (Å²) in [5, 5.41) is 4.02. The zero-order valence-electron chi connectivity index (χ0n) is 15.7. The summed E-state index contributed by atoms with van der Waals surface area (Å²) in [6, 6.07) is 18.4. The summed E-state index contributed by atoms with van der Waals surface area (Å²) in [6.45, 7) is 4.59. The minimum atomic E-state index is -0.0157. The maximum Gasteiger partial charge on any atom is 0.263 e. The third-order valence-corrected chi connectivity index (χ3v) is 6.73. The second kappa shape index (κ2) is 8.45. The second-order valence-electron chi connectivity index (χ2n) is 7.09. The molecule has 0 radical (unpaired) electrons. The molecule has 4 rings (SSSR count). The number of halogens is 1. The van der Waals surface area contributed by atoms with Gasteiger partial charge in [-0.15, -0.1) is 11.3 Å². The van der Waals surface area contributed by atoms with E-state index in [4.69, 9.17) is 0 Å². The lowest BCUT2D eigenvalue weighted by atomic mass is 10.1. The van der Waals surface area contributed by atoms with Crippen molar-refractivity contribution >= 4 is 38.9 Å². The van der Waals surface area contributed by atoms with E-state index in [2.05, 4.69) is 49.3 Å². The molecular weight excluding hydrogens is 434 g/mol. The molecule has 28 heavy (non-hydrogen) atoms. The highest BCUT2D eigenvalue weighted by atomic mass is 79.9. The fraction of sp³-hybridized carbons (Fsp3) is 0.273. The summed E-state index contributed by atoms with van der Waals surface area (Å²) in [6.07, 6.45) is 1.09. The number of carbonyl (C=O) groups is 1. The Bertz CT molecular complexity index is 973. The maximum absolute atomic E-state index is 12.7. The van der Waals surface area contributed by atoms with Crippen LogP contribution in [0.3, 0.4) is 0 Å². The van der Waals surface area contributed by atoms with Crippen molar-refractivity contribution in [1.29, 1.82) is 0 Å². The van der Waals surface area contributed by atoms with Crippen molar-refractivity contribution in [3.05, 3.63) is 69.6 Å². The molecule has 1 aliphatic heterocycles. The van der Waals surface area contributed by atoms with Crippen molar-refractivity contribution < 1.29 is 4.79 Å². The van der Waals surface area contributed by atoms with Gasteiger partial charge in [-0.25, -0.2) is 4.98 Å². The molecule has 0 aliphatic carbocycles. The van der Waals surface area contributed by atoms with Crippen LogP contribution in [0.1, 0.15) is 21.8 Å². The molecule has 1 N–H and O–H groups in total. The predicted molar refractivity (Wildman–Crippen MR) is 119 cm³/mol. The van der Waals surface area contributed by atoms with Gasteiger partial charge in [0.15, 0.2) is 0 Å². The standard InChI is InChI=1S/C22H22BrN3OS/c1-15-20(28-22(25-15)17-6-3-2-4-7-17)21(27)24-13-16-10-11-26(14-16)19-9-5-8-18(23)12-19/h2-9,12,16H,10-11,13-14H2,1H3,(H,24,27). The molecule has 1 aliphatic rings. The Labute approximate surface area is 177 Å². The smallest absolute Gasteiger partial charge is 0.263 e. The van der Waals surface area contributed by atoms with Gasteiger partial charge in [-0.1, -0.05) is 52.3 Å². The van der Waals surface area contributed by atoms with Crippen LogP contribution in [0.4, 0.5) is 5.69 Å². The monoisotopic (exact) mass is 455 g/mol. The van der Waals surface area contributed by atoms with Gasteiger partial charge < -0.3 is 10.2 Å². The molecular formula is C22H22BrN3OS. The molecule has 1 saturated heterocycles. The van der Waals surface area contributed by atoms with Gasteiger partial charge in [-0.3, -0.25) is 4.79 Å². The van der Waals surface area contributed by atoms with Gasteiger partial charge in [0.1, 0.15) is 9.88 Å². The first-order valence-corrected chi connectivity index (χ1v) is 11.0. The maximum atomic E-state index is 12.7. The fourth-order valence-corrected chi connectivity index (χ4v) is 4.91. The number of hydrogen-bond donors (Lipinski definition) is 1. The molecule has 4 nitrogen and oxygen atoms in total. The molecule has 0 spiro atoms. The van der Waals surface area contributed by atoms with Crippen molar-refractivity contribution in [2.24, 2.45) is 5.92 Å². The molecule has 0 bridgehead atoms. The lowest BCUT2D eigenvalue weighted by Gasteiger charge is -2.19. The number of hydrogen-bond acceptors (Lipinski definition) is 4. The van der Waals surface area contributed by atoms with Gasteiger partial charge in [0.05, 0.1) is 5.69 Å². The van der Waals surface area contributed by atoms with Crippen LogP contribution in [0.15, 0.2) is 59.1 Å². The van der Waals surface area contributed by atoms with Gasteiger partial charge in [0.25, 0.3) is 5.91 Å². The molecule has 1 unspecified atom stereocenters. The van der Waals surface area contributed by atoms with Crippen molar-refractivity contribution in [1.82, 2.24) is 10.3 Å². The van der Waals surface area contributed by atoms with E-state index < -0.39 is 0 Å². The van der Waals surface area contributed by atoms with Gasteiger partial charge in [0, 0.05) is 35.4 Å². The highest BCUT2D eigenvalue weighted by Gasteiger charge is 2.24. The predicted octanol–water partition coefficient (Wildman–Crippen LogP) is 5.14. The average molecular weight is 456 g/mol. The topological polar surface area (TPSA) is 45.2 Å². The van der Waals surface area contributed by atoms with Gasteiger partial charge in [-0.2, -0.15) is 0 Å². The zero-order chi connectivity index (χ0) is 19.5. The quantitative estimate of drug-likeness (QED) is 0.579. The molecule has 1 fully saturated rings. The molecule has 2 heterocycles. The van der Waals surface area contributed by atoms with E-state index in [-0.39, 0.29) is 5.91 Å². The van der Waals surface area contributed by atoms with Crippen molar-refractivity contribution in [2.75, 3.05) is 24.5 Å². The van der Waals surface area contributed by atoms with E-state index >= 15 is 0 Å². The highest BCUT2D eigenvalue weighted by molar-refractivity contribution is 9.10. The SMILES string of the molecule is Cc1nc(-c2ccccc2)sc1C(=O)NCC1CCN(c2cccc(Br)c2)C1. The Morgan fingerprint density at radius 1 is 1.25 bits per heavy atom. The highest BCUT2D eigenvalue weighted by Crippen LogP contribution is 2.28. The number of amides is 1. The summed E-state index contributed by atoms with van der Waals surface area (Å²) in [7, 11) is 0. The number of aromatic nitrogens is 1. The first-order valence-electron chi connectivity index (χ1n) is 9.41. The van der Waals surface area contributed by atoms with E-state index in [1.54, 1.807) is 0 Å². The summed E-state index contributed by atoms with van der Waals surface area (Å²) in [5.41, 5.74) is 3.08. The van der Waals surface area contributed by atoms with Gasteiger partial charge in [0.2, 0.25) is 0 Å². The van der Waals surface area contributed by atoms with Gasteiger partial charge in [-0.05, 0) is 37.5 Å². The number of aryl methyl sites for hydroxylation is 1.